The molecule has 0 amide bonds. The van der Waals surface area contributed by atoms with Crippen LogP contribution in [0.1, 0.15) is 16.1 Å². The Kier molecular flexibility index (Phi) is 3.75. The molecule has 0 saturated heterocycles. The van der Waals surface area contributed by atoms with Gasteiger partial charge in [-0.05, 0) is 19.1 Å². The van der Waals surface area contributed by atoms with Crippen molar-refractivity contribution in [2.75, 3.05) is 0 Å². The maximum Gasteiger partial charge on any atom is 0.336 e. The highest BCUT2D eigenvalue weighted by atomic mass is 32.2. The molecule has 1 heterocycles. The summed E-state index contributed by atoms with van der Waals surface area (Å²) < 4.78 is 1.60. The van der Waals surface area contributed by atoms with E-state index in [0.717, 1.165) is 17.5 Å². The molecule has 0 atom stereocenters. The summed E-state index contributed by atoms with van der Waals surface area (Å²) in [5, 5.41) is 24.8. The molecular formula is C12H11N3O4S. The van der Waals surface area contributed by atoms with Crippen LogP contribution in [0.25, 0.3) is 0 Å². The minimum absolute atomic E-state index is 0.0273. The topological polar surface area (TPSA) is 98.3 Å². The molecule has 0 aliphatic rings. The molecule has 20 heavy (non-hydrogen) atoms. The molecule has 0 aliphatic carbocycles. The number of carboxylic acid groups (broad SMARTS) is 1. The van der Waals surface area contributed by atoms with Crippen LogP contribution in [0.3, 0.4) is 0 Å². The van der Waals surface area contributed by atoms with Crippen molar-refractivity contribution in [1.82, 2.24) is 9.78 Å². The van der Waals surface area contributed by atoms with E-state index < -0.39 is 10.9 Å². The number of aryl methyl sites for hydroxylation is 2. The van der Waals surface area contributed by atoms with Crippen molar-refractivity contribution in [1.29, 1.82) is 0 Å². The van der Waals surface area contributed by atoms with Crippen LogP contribution in [0.5, 0.6) is 0 Å². The normalized spacial score (nSPS) is 10.5. The van der Waals surface area contributed by atoms with Crippen molar-refractivity contribution >= 4 is 23.4 Å². The van der Waals surface area contributed by atoms with Gasteiger partial charge in [-0.2, -0.15) is 5.10 Å². The van der Waals surface area contributed by atoms with Crippen LogP contribution >= 0.6 is 11.8 Å². The van der Waals surface area contributed by atoms with Gasteiger partial charge >= 0.3 is 5.97 Å². The van der Waals surface area contributed by atoms with E-state index in [1.54, 1.807) is 17.8 Å². The number of hydrogen-bond donors (Lipinski definition) is 1. The fourth-order valence-electron chi connectivity index (χ4n) is 1.68. The van der Waals surface area contributed by atoms with E-state index >= 15 is 0 Å². The lowest BCUT2D eigenvalue weighted by molar-refractivity contribution is -0.385. The number of nitro benzene ring substituents is 1. The zero-order valence-electron chi connectivity index (χ0n) is 10.7. The van der Waals surface area contributed by atoms with Crippen LogP contribution in [-0.4, -0.2) is 25.8 Å². The zero-order chi connectivity index (χ0) is 14.9. The van der Waals surface area contributed by atoms with Crippen LogP contribution in [0.2, 0.25) is 0 Å². The summed E-state index contributed by atoms with van der Waals surface area (Å²) in [5.74, 6) is -1.12. The molecule has 0 aliphatic heterocycles. The number of non-ortho nitro benzene ring substituents is 1. The third-order valence-electron chi connectivity index (χ3n) is 2.58. The van der Waals surface area contributed by atoms with E-state index in [2.05, 4.69) is 5.10 Å². The molecule has 0 radical (unpaired) electrons. The second-order valence-corrected chi connectivity index (χ2v) is 5.15. The van der Waals surface area contributed by atoms with Gasteiger partial charge < -0.3 is 5.11 Å². The second kappa shape index (κ2) is 5.33. The van der Waals surface area contributed by atoms with Crippen molar-refractivity contribution in [3.05, 3.63) is 45.6 Å². The van der Waals surface area contributed by atoms with E-state index in [1.165, 1.54) is 18.2 Å². The van der Waals surface area contributed by atoms with Crippen LogP contribution in [0.4, 0.5) is 5.69 Å². The van der Waals surface area contributed by atoms with Gasteiger partial charge in [-0.3, -0.25) is 14.8 Å². The maximum atomic E-state index is 11.2. The molecule has 1 aromatic heterocycles. The van der Waals surface area contributed by atoms with Gasteiger partial charge in [-0.15, -0.1) is 0 Å². The van der Waals surface area contributed by atoms with Crippen molar-refractivity contribution in [2.24, 2.45) is 7.05 Å². The highest BCUT2D eigenvalue weighted by Gasteiger charge is 2.17. The molecule has 2 aromatic rings. The quantitative estimate of drug-likeness (QED) is 0.687. The molecule has 104 valence electrons. The fourth-order valence-corrected chi connectivity index (χ4v) is 2.75. The number of nitro groups is 1. The molecule has 7 nitrogen and oxygen atoms in total. The van der Waals surface area contributed by atoms with E-state index in [-0.39, 0.29) is 11.3 Å². The van der Waals surface area contributed by atoms with E-state index in [0.29, 0.717) is 9.92 Å². The largest absolute Gasteiger partial charge is 0.478 e. The Labute approximate surface area is 118 Å². The van der Waals surface area contributed by atoms with Crippen LogP contribution in [-0.2, 0) is 7.05 Å². The SMILES string of the molecule is Cc1cc(Sc2cc([N+](=O)[O-])ccc2C(=O)O)n(C)n1. The Bertz CT molecular complexity index is 696. The lowest BCUT2D eigenvalue weighted by Crippen LogP contribution is -2.01. The molecule has 8 heteroatoms. The standard InChI is InChI=1S/C12H11N3O4S/c1-7-5-11(14(2)13-7)20-10-6-8(15(18)19)3-4-9(10)12(16)17/h3-6H,1-2H3,(H,16,17). The van der Waals surface area contributed by atoms with E-state index in [1.807, 2.05) is 6.92 Å². The first-order valence-corrected chi connectivity index (χ1v) is 6.40. The monoisotopic (exact) mass is 293 g/mol. The van der Waals surface area contributed by atoms with Gasteiger partial charge in [0.25, 0.3) is 5.69 Å². The number of carboxylic acids is 1. The Balaban J connectivity index is 2.47. The average molecular weight is 293 g/mol. The number of hydrogen-bond acceptors (Lipinski definition) is 5. The Morgan fingerprint density at radius 1 is 1.45 bits per heavy atom. The minimum Gasteiger partial charge on any atom is -0.478 e. The minimum atomic E-state index is -1.12. The summed E-state index contributed by atoms with van der Waals surface area (Å²) in [4.78, 5) is 21.7. The first-order chi connectivity index (χ1) is 9.38. The summed E-state index contributed by atoms with van der Waals surface area (Å²) in [7, 11) is 1.73. The number of rotatable bonds is 4. The number of aromatic carboxylic acids is 1. The van der Waals surface area contributed by atoms with E-state index in [9.17, 15) is 14.9 Å². The molecular weight excluding hydrogens is 282 g/mol. The molecule has 1 N–H and O–H groups in total. The Morgan fingerprint density at radius 3 is 2.65 bits per heavy atom. The fraction of sp³-hybridized carbons (Fsp3) is 0.167. The van der Waals surface area contributed by atoms with Crippen molar-refractivity contribution in [2.45, 2.75) is 16.8 Å². The smallest absolute Gasteiger partial charge is 0.336 e. The third kappa shape index (κ3) is 2.80. The van der Waals surface area contributed by atoms with Crippen molar-refractivity contribution < 1.29 is 14.8 Å². The third-order valence-corrected chi connectivity index (χ3v) is 3.73. The van der Waals surface area contributed by atoms with Gasteiger partial charge in [0.15, 0.2) is 0 Å². The lowest BCUT2D eigenvalue weighted by Gasteiger charge is -2.05. The van der Waals surface area contributed by atoms with Gasteiger partial charge in [-0.1, -0.05) is 11.8 Å². The first kappa shape index (κ1) is 14.1. The van der Waals surface area contributed by atoms with Crippen LogP contribution < -0.4 is 0 Å². The Morgan fingerprint density at radius 2 is 2.15 bits per heavy atom. The van der Waals surface area contributed by atoms with Crippen molar-refractivity contribution in [3.8, 4) is 0 Å². The van der Waals surface area contributed by atoms with Gasteiger partial charge in [0.1, 0.15) is 0 Å². The summed E-state index contributed by atoms with van der Waals surface area (Å²) in [6.45, 7) is 1.82. The van der Waals surface area contributed by atoms with Gasteiger partial charge in [0.2, 0.25) is 0 Å². The maximum absolute atomic E-state index is 11.2. The molecule has 0 fully saturated rings. The number of aromatic nitrogens is 2. The second-order valence-electron chi connectivity index (χ2n) is 4.09. The predicted octanol–water partition coefficient (Wildman–Crippen LogP) is 2.49. The number of carbonyl (C=O) groups is 1. The lowest BCUT2D eigenvalue weighted by atomic mass is 10.2. The highest BCUT2D eigenvalue weighted by molar-refractivity contribution is 7.99. The average Bonchev–Trinajstić information content (AvgIpc) is 2.67. The summed E-state index contributed by atoms with van der Waals surface area (Å²) in [5.41, 5.74) is 0.674. The molecule has 2 rings (SSSR count). The van der Waals surface area contributed by atoms with Crippen LogP contribution in [0.15, 0.2) is 34.2 Å². The Hall–Kier alpha value is -2.35. The summed E-state index contributed by atoms with van der Waals surface area (Å²) in [6.07, 6.45) is 0. The molecule has 0 saturated carbocycles. The van der Waals surface area contributed by atoms with E-state index in [4.69, 9.17) is 5.11 Å². The van der Waals surface area contributed by atoms with Gasteiger partial charge in [0, 0.05) is 24.1 Å². The predicted molar refractivity (Wildman–Crippen MR) is 72.1 cm³/mol. The number of benzene rings is 1. The molecule has 0 bridgehead atoms. The summed E-state index contributed by atoms with van der Waals surface area (Å²) in [6, 6.07) is 5.47. The molecule has 0 unspecified atom stereocenters. The van der Waals surface area contributed by atoms with Crippen molar-refractivity contribution in [3.63, 3.8) is 0 Å². The number of nitrogens with zero attached hydrogens (tertiary/aromatic N) is 3. The van der Waals surface area contributed by atoms with Crippen LogP contribution in [0, 0.1) is 17.0 Å². The van der Waals surface area contributed by atoms with Gasteiger partial charge in [-0.25, -0.2) is 4.79 Å². The summed E-state index contributed by atoms with van der Waals surface area (Å²) >= 11 is 1.14. The molecule has 0 spiro atoms. The first-order valence-electron chi connectivity index (χ1n) is 5.58. The van der Waals surface area contributed by atoms with Gasteiger partial charge in [0.05, 0.1) is 21.2 Å². The molecule has 1 aromatic carbocycles. The zero-order valence-corrected chi connectivity index (χ0v) is 11.5. The highest BCUT2D eigenvalue weighted by Crippen LogP contribution is 2.33.